The number of hydrazine groups is 1. The first kappa shape index (κ1) is 13.4. The average Bonchev–Trinajstić information content (AvgIpc) is 3.11. The highest BCUT2D eigenvalue weighted by atomic mass is 16.4. The number of benzene rings is 2. The van der Waals surface area contributed by atoms with Crippen molar-refractivity contribution < 1.29 is 4.42 Å². The van der Waals surface area contributed by atoms with E-state index in [9.17, 15) is 0 Å². The van der Waals surface area contributed by atoms with Crippen molar-refractivity contribution in [3.8, 4) is 0 Å². The van der Waals surface area contributed by atoms with Crippen molar-refractivity contribution in [2.45, 2.75) is 6.42 Å². The van der Waals surface area contributed by atoms with Crippen LogP contribution in [0.15, 0.2) is 52.9 Å². The molecule has 6 heteroatoms. The van der Waals surface area contributed by atoms with Gasteiger partial charge in [-0.3, -0.25) is 5.32 Å². The molecule has 0 saturated carbocycles. The summed E-state index contributed by atoms with van der Waals surface area (Å²) in [6.07, 6.45) is 1.22. The van der Waals surface area contributed by atoms with E-state index < -0.39 is 0 Å². The second-order valence-corrected chi connectivity index (χ2v) is 5.98. The molecule has 1 saturated heterocycles. The number of nitrogens with one attached hydrogen (secondary N) is 3. The van der Waals surface area contributed by atoms with E-state index in [0.29, 0.717) is 11.8 Å². The minimum atomic E-state index is 0.668. The van der Waals surface area contributed by atoms with E-state index in [1.165, 1.54) is 6.42 Å². The predicted molar refractivity (Wildman–Crippen MR) is 95.4 cm³/mol. The monoisotopic (exact) mass is 319 g/mol. The van der Waals surface area contributed by atoms with Gasteiger partial charge in [0.2, 0.25) is 11.8 Å². The molecular weight excluding hydrogens is 302 g/mol. The van der Waals surface area contributed by atoms with Crippen LogP contribution < -0.4 is 10.7 Å². The van der Waals surface area contributed by atoms with Gasteiger partial charge < -0.3 is 14.8 Å². The summed E-state index contributed by atoms with van der Waals surface area (Å²) in [6, 6.07) is 16.0. The van der Waals surface area contributed by atoms with Crippen molar-refractivity contribution in [1.82, 2.24) is 15.0 Å². The number of anilines is 3. The third-order valence-electron chi connectivity index (χ3n) is 4.34. The summed E-state index contributed by atoms with van der Waals surface area (Å²) < 4.78 is 6.01. The van der Waals surface area contributed by atoms with Gasteiger partial charge in [-0.15, -0.1) is 0 Å². The van der Waals surface area contributed by atoms with Gasteiger partial charge in [-0.05, 0) is 30.7 Å². The number of aromatic amines is 1. The summed E-state index contributed by atoms with van der Waals surface area (Å²) in [4.78, 5) is 7.84. The number of nitrogens with zero attached hydrogens (tertiary/aromatic N) is 2. The standard InChI is InChI=1S/C18H17N5O/c1-4-9-15-12(6-1)16(22-23-10-5-11-23)17(24-15)21-18-19-13-7-2-3-8-14(13)20-18/h1-4,6-9,22H,5,10-11H2,(H2,19,20,21). The molecule has 0 bridgehead atoms. The Morgan fingerprint density at radius 2 is 1.88 bits per heavy atom. The van der Waals surface area contributed by atoms with Crippen molar-refractivity contribution in [3.63, 3.8) is 0 Å². The molecule has 120 valence electrons. The van der Waals surface area contributed by atoms with Gasteiger partial charge in [0.05, 0.1) is 11.0 Å². The lowest BCUT2D eigenvalue weighted by molar-refractivity contribution is 0.226. The minimum Gasteiger partial charge on any atom is -0.438 e. The summed E-state index contributed by atoms with van der Waals surface area (Å²) in [5.41, 5.74) is 7.17. The normalized spacial score (nSPS) is 14.8. The highest BCUT2D eigenvalue weighted by molar-refractivity contribution is 5.97. The number of hydrogen-bond donors (Lipinski definition) is 3. The van der Waals surface area contributed by atoms with E-state index in [1.807, 2.05) is 42.5 Å². The average molecular weight is 319 g/mol. The van der Waals surface area contributed by atoms with Crippen molar-refractivity contribution in [2.75, 3.05) is 23.8 Å². The molecule has 3 heterocycles. The number of imidazole rings is 1. The second-order valence-electron chi connectivity index (χ2n) is 5.98. The molecule has 0 aliphatic carbocycles. The number of fused-ring (bicyclic) bond motifs is 2. The fourth-order valence-electron chi connectivity index (χ4n) is 2.95. The fraction of sp³-hybridized carbons (Fsp3) is 0.167. The van der Waals surface area contributed by atoms with Gasteiger partial charge >= 0.3 is 0 Å². The maximum Gasteiger partial charge on any atom is 0.225 e. The molecule has 1 fully saturated rings. The zero-order valence-corrected chi connectivity index (χ0v) is 13.0. The molecule has 5 rings (SSSR count). The third-order valence-corrected chi connectivity index (χ3v) is 4.34. The van der Waals surface area contributed by atoms with Gasteiger partial charge in [0.25, 0.3) is 0 Å². The van der Waals surface area contributed by atoms with Crippen LogP contribution >= 0.6 is 0 Å². The Kier molecular flexibility index (Phi) is 2.96. The zero-order valence-electron chi connectivity index (χ0n) is 13.0. The number of H-pyrrole nitrogens is 1. The Hall–Kier alpha value is -2.99. The Morgan fingerprint density at radius 3 is 2.71 bits per heavy atom. The van der Waals surface area contributed by atoms with E-state index in [0.717, 1.165) is 40.8 Å². The Labute approximate surface area is 138 Å². The molecule has 2 aromatic heterocycles. The van der Waals surface area contributed by atoms with E-state index >= 15 is 0 Å². The van der Waals surface area contributed by atoms with Gasteiger partial charge in [-0.1, -0.05) is 24.3 Å². The van der Waals surface area contributed by atoms with E-state index in [2.05, 4.69) is 31.8 Å². The number of rotatable bonds is 4. The van der Waals surface area contributed by atoms with Gasteiger partial charge in [-0.25, -0.2) is 9.99 Å². The molecule has 1 aliphatic rings. The number of hydrogen-bond acceptors (Lipinski definition) is 5. The fourth-order valence-corrected chi connectivity index (χ4v) is 2.95. The molecule has 0 amide bonds. The van der Waals surface area contributed by atoms with Gasteiger partial charge in [0, 0.05) is 18.5 Å². The molecule has 0 spiro atoms. The van der Waals surface area contributed by atoms with Gasteiger partial charge in [0.1, 0.15) is 11.3 Å². The van der Waals surface area contributed by atoms with Crippen molar-refractivity contribution in [3.05, 3.63) is 48.5 Å². The summed E-state index contributed by atoms with van der Waals surface area (Å²) in [5.74, 6) is 1.34. The lowest BCUT2D eigenvalue weighted by atomic mass is 10.2. The number of aromatic nitrogens is 2. The van der Waals surface area contributed by atoms with Crippen molar-refractivity contribution in [2.24, 2.45) is 0 Å². The van der Waals surface area contributed by atoms with Crippen LogP contribution in [-0.4, -0.2) is 28.1 Å². The highest BCUT2D eigenvalue weighted by Crippen LogP contribution is 2.37. The number of para-hydroxylation sites is 3. The van der Waals surface area contributed by atoms with Crippen LogP contribution in [0.4, 0.5) is 17.5 Å². The lowest BCUT2D eigenvalue weighted by Crippen LogP contribution is -2.41. The largest absolute Gasteiger partial charge is 0.438 e. The first-order valence-electron chi connectivity index (χ1n) is 8.12. The molecule has 0 radical (unpaired) electrons. The van der Waals surface area contributed by atoms with Crippen LogP contribution in [0.25, 0.3) is 22.0 Å². The van der Waals surface area contributed by atoms with E-state index in [4.69, 9.17) is 4.42 Å². The molecule has 0 atom stereocenters. The van der Waals surface area contributed by atoms with E-state index in [1.54, 1.807) is 0 Å². The van der Waals surface area contributed by atoms with Crippen molar-refractivity contribution in [1.29, 1.82) is 0 Å². The smallest absolute Gasteiger partial charge is 0.225 e. The lowest BCUT2D eigenvalue weighted by Gasteiger charge is -2.31. The van der Waals surface area contributed by atoms with Crippen LogP contribution in [0.3, 0.4) is 0 Å². The van der Waals surface area contributed by atoms with Crippen molar-refractivity contribution >= 4 is 39.5 Å². The third kappa shape index (κ3) is 2.19. The summed E-state index contributed by atoms with van der Waals surface area (Å²) >= 11 is 0. The SMILES string of the molecule is c1ccc2[nH]c(Nc3oc4ccccc4c3NN3CCC3)nc2c1. The van der Waals surface area contributed by atoms with Crippen LogP contribution in [-0.2, 0) is 0 Å². The Bertz CT molecular complexity index is 982. The maximum atomic E-state index is 6.01. The molecular formula is C18H17N5O. The summed E-state index contributed by atoms with van der Waals surface area (Å²) in [5, 5.41) is 6.52. The van der Waals surface area contributed by atoms with Crippen LogP contribution in [0.2, 0.25) is 0 Å². The predicted octanol–water partition coefficient (Wildman–Crippen LogP) is 4.09. The van der Waals surface area contributed by atoms with Crippen LogP contribution in [0.1, 0.15) is 6.42 Å². The first-order valence-corrected chi connectivity index (χ1v) is 8.12. The minimum absolute atomic E-state index is 0.668. The molecule has 6 nitrogen and oxygen atoms in total. The molecule has 24 heavy (non-hydrogen) atoms. The molecule has 1 aliphatic heterocycles. The first-order chi connectivity index (χ1) is 11.9. The van der Waals surface area contributed by atoms with Crippen LogP contribution in [0, 0.1) is 0 Å². The molecule has 4 aromatic rings. The van der Waals surface area contributed by atoms with Gasteiger partial charge in [-0.2, -0.15) is 0 Å². The number of furan rings is 1. The van der Waals surface area contributed by atoms with E-state index in [-0.39, 0.29) is 0 Å². The summed E-state index contributed by atoms with van der Waals surface area (Å²) in [6.45, 7) is 2.09. The quantitative estimate of drug-likeness (QED) is 0.529. The topological polar surface area (TPSA) is 69.1 Å². The summed E-state index contributed by atoms with van der Waals surface area (Å²) in [7, 11) is 0. The Morgan fingerprint density at radius 1 is 1.04 bits per heavy atom. The molecule has 0 unspecified atom stereocenters. The molecule has 3 N–H and O–H groups in total. The maximum absolute atomic E-state index is 6.01. The van der Waals surface area contributed by atoms with Gasteiger partial charge in [0.15, 0.2) is 0 Å². The second kappa shape index (κ2) is 5.28. The molecule has 2 aromatic carbocycles. The highest BCUT2D eigenvalue weighted by Gasteiger charge is 2.20. The van der Waals surface area contributed by atoms with Crippen LogP contribution in [0.5, 0.6) is 0 Å². The zero-order chi connectivity index (χ0) is 15.9. The Balaban J connectivity index is 1.55.